The monoisotopic (exact) mass is 230 g/mol. The summed E-state index contributed by atoms with van der Waals surface area (Å²) in [5.41, 5.74) is -0.0364. The molecule has 2 atom stereocenters. The highest BCUT2D eigenvalue weighted by Gasteiger charge is 2.38. The fraction of sp³-hybridized carbons (Fsp3) is 1.00. The van der Waals surface area contributed by atoms with Crippen LogP contribution in [0.4, 0.5) is 0 Å². The standard InChI is InChI=1S/C13H26O3/c1-12-7-4-5-8-13(12,15-3)11-16-10-6-9-14-2/h12H,4-11H2,1-3H3. The van der Waals surface area contributed by atoms with Gasteiger partial charge in [-0.1, -0.05) is 19.8 Å². The van der Waals surface area contributed by atoms with Crippen LogP contribution in [0.2, 0.25) is 0 Å². The van der Waals surface area contributed by atoms with Gasteiger partial charge in [0.2, 0.25) is 0 Å². The average Bonchev–Trinajstić information content (AvgIpc) is 2.31. The van der Waals surface area contributed by atoms with E-state index in [1.165, 1.54) is 19.3 Å². The van der Waals surface area contributed by atoms with Gasteiger partial charge in [-0.3, -0.25) is 0 Å². The first-order chi connectivity index (χ1) is 7.75. The molecular weight excluding hydrogens is 204 g/mol. The van der Waals surface area contributed by atoms with E-state index < -0.39 is 0 Å². The molecule has 1 aliphatic carbocycles. The average molecular weight is 230 g/mol. The first-order valence-electron chi connectivity index (χ1n) is 6.37. The van der Waals surface area contributed by atoms with Crippen LogP contribution in [0.1, 0.15) is 39.0 Å². The Balaban J connectivity index is 2.29. The summed E-state index contributed by atoms with van der Waals surface area (Å²) in [5.74, 6) is 0.605. The Morgan fingerprint density at radius 1 is 1.19 bits per heavy atom. The highest BCUT2D eigenvalue weighted by Crippen LogP contribution is 2.36. The molecule has 16 heavy (non-hydrogen) atoms. The van der Waals surface area contributed by atoms with Crippen LogP contribution in [0.15, 0.2) is 0 Å². The van der Waals surface area contributed by atoms with Crippen LogP contribution in [0.5, 0.6) is 0 Å². The zero-order chi connectivity index (χ0) is 11.9. The molecular formula is C13H26O3. The SMILES string of the molecule is COCCCOCC1(OC)CCCCC1C. The quantitative estimate of drug-likeness (QED) is 0.629. The van der Waals surface area contributed by atoms with E-state index in [0.717, 1.165) is 32.7 Å². The van der Waals surface area contributed by atoms with Gasteiger partial charge in [0, 0.05) is 27.4 Å². The molecule has 0 amide bonds. The van der Waals surface area contributed by atoms with Crippen molar-refractivity contribution in [2.75, 3.05) is 34.0 Å². The van der Waals surface area contributed by atoms with Gasteiger partial charge in [-0.15, -0.1) is 0 Å². The molecule has 3 nitrogen and oxygen atoms in total. The Hall–Kier alpha value is -0.120. The molecule has 0 aromatic heterocycles. The summed E-state index contributed by atoms with van der Waals surface area (Å²) >= 11 is 0. The van der Waals surface area contributed by atoms with E-state index in [9.17, 15) is 0 Å². The molecule has 1 rings (SSSR count). The molecule has 1 aliphatic rings. The second kappa shape index (κ2) is 7.25. The summed E-state index contributed by atoms with van der Waals surface area (Å²) in [6.45, 7) is 4.55. The molecule has 1 fully saturated rings. The lowest BCUT2D eigenvalue weighted by Gasteiger charge is -2.41. The second-order valence-electron chi connectivity index (χ2n) is 4.81. The normalized spacial score (nSPS) is 30.6. The summed E-state index contributed by atoms with van der Waals surface area (Å²) in [7, 11) is 3.54. The van der Waals surface area contributed by atoms with Crippen molar-refractivity contribution in [2.45, 2.75) is 44.6 Å². The molecule has 0 bridgehead atoms. The van der Waals surface area contributed by atoms with Crippen molar-refractivity contribution < 1.29 is 14.2 Å². The molecule has 0 aromatic carbocycles. The van der Waals surface area contributed by atoms with E-state index in [2.05, 4.69) is 6.92 Å². The lowest BCUT2D eigenvalue weighted by molar-refractivity contribution is -0.126. The van der Waals surface area contributed by atoms with Crippen LogP contribution >= 0.6 is 0 Å². The lowest BCUT2D eigenvalue weighted by atomic mass is 9.77. The van der Waals surface area contributed by atoms with E-state index in [4.69, 9.17) is 14.2 Å². The first kappa shape index (κ1) is 13.9. The van der Waals surface area contributed by atoms with Gasteiger partial charge in [0.15, 0.2) is 0 Å². The molecule has 96 valence electrons. The van der Waals surface area contributed by atoms with E-state index in [0.29, 0.717) is 5.92 Å². The predicted molar refractivity (Wildman–Crippen MR) is 64.7 cm³/mol. The maximum absolute atomic E-state index is 5.74. The Bertz CT molecular complexity index is 184. The Kier molecular flexibility index (Phi) is 6.32. The third-order valence-electron chi connectivity index (χ3n) is 3.78. The Morgan fingerprint density at radius 3 is 2.62 bits per heavy atom. The molecule has 0 N–H and O–H groups in total. The van der Waals surface area contributed by atoms with Gasteiger partial charge >= 0.3 is 0 Å². The topological polar surface area (TPSA) is 27.7 Å². The van der Waals surface area contributed by atoms with Crippen LogP contribution in [0.25, 0.3) is 0 Å². The number of hydrogen-bond donors (Lipinski definition) is 0. The number of ether oxygens (including phenoxy) is 3. The number of rotatable bonds is 7. The van der Waals surface area contributed by atoms with Crippen LogP contribution < -0.4 is 0 Å². The molecule has 0 aromatic rings. The summed E-state index contributed by atoms with van der Waals surface area (Å²) in [4.78, 5) is 0. The van der Waals surface area contributed by atoms with Crippen molar-refractivity contribution >= 4 is 0 Å². The second-order valence-corrected chi connectivity index (χ2v) is 4.81. The Morgan fingerprint density at radius 2 is 2.00 bits per heavy atom. The van der Waals surface area contributed by atoms with Gasteiger partial charge in [0.05, 0.1) is 12.2 Å². The fourth-order valence-electron chi connectivity index (χ4n) is 2.51. The minimum Gasteiger partial charge on any atom is -0.385 e. The maximum Gasteiger partial charge on any atom is 0.0936 e. The fourth-order valence-corrected chi connectivity index (χ4v) is 2.51. The minimum atomic E-state index is -0.0364. The molecule has 0 radical (unpaired) electrons. The van der Waals surface area contributed by atoms with Crippen LogP contribution in [-0.4, -0.2) is 39.6 Å². The van der Waals surface area contributed by atoms with Crippen LogP contribution in [0, 0.1) is 5.92 Å². The highest BCUT2D eigenvalue weighted by molar-refractivity contribution is 4.89. The molecule has 3 heteroatoms. The third-order valence-corrected chi connectivity index (χ3v) is 3.78. The van der Waals surface area contributed by atoms with E-state index in [1.807, 2.05) is 7.11 Å². The molecule has 0 heterocycles. The van der Waals surface area contributed by atoms with E-state index in [1.54, 1.807) is 7.11 Å². The van der Waals surface area contributed by atoms with Crippen molar-refractivity contribution in [2.24, 2.45) is 5.92 Å². The molecule has 0 aliphatic heterocycles. The van der Waals surface area contributed by atoms with Crippen molar-refractivity contribution in [1.29, 1.82) is 0 Å². The van der Waals surface area contributed by atoms with Crippen molar-refractivity contribution in [3.8, 4) is 0 Å². The van der Waals surface area contributed by atoms with Gasteiger partial charge in [-0.2, -0.15) is 0 Å². The van der Waals surface area contributed by atoms with Crippen molar-refractivity contribution in [1.82, 2.24) is 0 Å². The number of methoxy groups -OCH3 is 2. The molecule has 2 unspecified atom stereocenters. The van der Waals surface area contributed by atoms with E-state index in [-0.39, 0.29) is 5.60 Å². The molecule has 0 spiro atoms. The van der Waals surface area contributed by atoms with Gasteiger partial charge in [-0.25, -0.2) is 0 Å². The predicted octanol–water partition coefficient (Wildman–Crippen LogP) is 2.63. The zero-order valence-corrected chi connectivity index (χ0v) is 11.0. The smallest absolute Gasteiger partial charge is 0.0936 e. The summed E-state index contributed by atoms with van der Waals surface area (Å²) in [6, 6.07) is 0. The Labute approximate surface area is 99.5 Å². The minimum absolute atomic E-state index is 0.0364. The lowest BCUT2D eigenvalue weighted by Crippen LogP contribution is -2.45. The van der Waals surface area contributed by atoms with Crippen molar-refractivity contribution in [3.05, 3.63) is 0 Å². The first-order valence-corrected chi connectivity index (χ1v) is 6.37. The van der Waals surface area contributed by atoms with Gasteiger partial charge in [-0.05, 0) is 25.2 Å². The van der Waals surface area contributed by atoms with Crippen molar-refractivity contribution in [3.63, 3.8) is 0 Å². The summed E-state index contributed by atoms with van der Waals surface area (Å²) in [6.07, 6.45) is 5.95. The van der Waals surface area contributed by atoms with Gasteiger partial charge < -0.3 is 14.2 Å². The third kappa shape index (κ3) is 3.72. The van der Waals surface area contributed by atoms with E-state index >= 15 is 0 Å². The molecule has 1 saturated carbocycles. The van der Waals surface area contributed by atoms with Gasteiger partial charge in [0.1, 0.15) is 0 Å². The van der Waals surface area contributed by atoms with Crippen LogP contribution in [-0.2, 0) is 14.2 Å². The van der Waals surface area contributed by atoms with Gasteiger partial charge in [0.25, 0.3) is 0 Å². The van der Waals surface area contributed by atoms with Crippen LogP contribution in [0.3, 0.4) is 0 Å². The summed E-state index contributed by atoms with van der Waals surface area (Å²) in [5, 5.41) is 0. The zero-order valence-electron chi connectivity index (χ0n) is 11.0. The summed E-state index contributed by atoms with van der Waals surface area (Å²) < 4.78 is 16.5. The molecule has 0 saturated heterocycles. The maximum atomic E-state index is 5.74. The largest absolute Gasteiger partial charge is 0.385 e. The number of hydrogen-bond acceptors (Lipinski definition) is 3. The highest BCUT2D eigenvalue weighted by atomic mass is 16.5.